The molecule has 0 saturated carbocycles. The van der Waals surface area contributed by atoms with Crippen molar-refractivity contribution in [2.24, 2.45) is 5.92 Å². The smallest absolute Gasteiger partial charge is 0.407 e. The van der Waals surface area contributed by atoms with Gasteiger partial charge in [0.05, 0.1) is 6.61 Å². The summed E-state index contributed by atoms with van der Waals surface area (Å²) in [6, 6.07) is 0.497. The lowest BCUT2D eigenvalue weighted by Crippen LogP contribution is -2.46. The molecule has 0 aromatic heterocycles. The normalized spacial score (nSPS) is 33.8. The molecule has 2 atom stereocenters. The summed E-state index contributed by atoms with van der Waals surface area (Å²) >= 11 is 0. The van der Waals surface area contributed by atoms with Crippen molar-refractivity contribution in [3.63, 3.8) is 0 Å². The summed E-state index contributed by atoms with van der Waals surface area (Å²) in [5.74, 6) is 0.557. The number of carboxylic acid groups (broad SMARTS) is 1. The van der Waals surface area contributed by atoms with E-state index in [1.165, 1.54) is 25.9 Å². The number of ether oxygens (including phenoxy) is 1. The first-order chi connectivity index (χ1) is 9.74. The van der Waals surface area contributed by atoms with Gasteiger partial charge in [0.2, 0.25) is 0 Å². The minimum absolute atomic E-state index is 0.249. The predicted octanol–water partition coefficient (Wildman–Crippen LogP) is 2.02. The average Bonchev–Trinajstić information content (AvgIpc) is 3.02. The van der Waals surface area contributed by atoms with Gasteiger partial charge >= 0.3 is 6.09 Å². The van der Waals surface area contributed by atoms with E-state index in [9.17, 15) is 9.90 Å². The lowest BCUT2D eigenvalue weighted by molar-refractivity contribution is 0.0338. The van der Waals surface area contributed by atoms with Crippen LogP contribution in [0.4, 0.5) is 4.79 Å². The lowest BCUT2D eigenvalue weighted by Gasteiger charge is -2.37. The van der Waals surface area contributed by atoms with Gasteiger partial charge in [-0.3, -0.25) is 0 Å². The van der Waals surface area contributed by atoms with Crippen molar-refractivity contribution >= 4 is 6.09 Å². The Morgan fingerprint density at radius 1 is 1.15 bits per heavy atom. The first-order valence-corrected chi connectivity index (χ1v) is 8.05. The van der Waals surface area contributed by atoms with E-state index >= 15 is 0 Å². The Kier molecular flexibility index (Phi) is 4.46. The zero-order chi connectivity index (χ0) is 13.9. The van der Waals surface area contributed by atoms with Gasteiger partial charge < -0.3 is 19.6 Å². The highest BCUT2D eigenvalue weighted by Crippen LogP contribution is 2.38. The third kappa shape index (κ3) is 3.09. The summed E-state index contributed by atoms with van der Waals surface area (Å²) in [6.45, 7) is 5.15. The van der Waals surface area contributed by atoms with Crippen molar-refractivity contribution in [3.05, 3.63) is 0 Å². The zero-order valence-electron chi connectivity index (χ0n) is 12.2. The van der Waals surface area contributed by atoms with Gasteiger partial charge in [-0.25, -0.2) is 4.79 Å². The van der Waals surface area contributed by atoms with Crippen LogP contribution in [0.2, 0.25) is 0 Å². The molecule has 20 heavy (non-hydrogen) atoms. The van der Waals surface area contributed by atoms with Gasteiger partial charge in [0, 0.05) is 25.2 Å². The molecule has 5 nitrogen and oxygen atoms in total. The van der Waals surface area contributed by atoms with Gasteiger partial charge in [-0.15, -0.1) is 0 Å². The largest absolute Gasteiger partial charge is 0.465 e. The number of fused-ring (bicyclic) bond motifs is 2. The first-order valence-electron chi connectivity index (χ1n) is 8.05. The van der Waals surface area contributed by atoms with Crippen LogP contribution in [0.25, 0.3) is 0 Å². The predicted molar refractivity (Wildman–Crippen MR) is 75.9 cm³/mol. The fourth-order valence-corrected chi connectivity index (χ4v) is 4.19. The van der Waals surface area contributed by atoms with Gasteiger partial charge in [0.15, 0.2) is 0 Å². The van der Waals surface area contributed by atoms with E-state index in [1.807, 2.05) is 0 Å². The fourth-order valence-electron chi connectivity index (χ4n) is 4.19. The molecule has 2 unspecified atom stereocenters. The topological polar surface area (TPSA) is 53.0 Å². The second kappa shape index (κ2) is 6.31. The van der Waals surface area contributed by atoms with Crippen LogP contribution in [-0.2, 0) is 4.74 Å². The molecular formula is C15H26N2O3. The Hall–Kier alpha value is -0.810. The van der Waals surface area contributed by atoms with Crippen LogP contribution in [0, 0.1) is 5.92 Å². The number of hydrogen-bond acceptors (Lipinski definition) is 3. The molecule has 3 aliphatic rings. The van der Waals surface area contributed by atoms with E-state index in [0.717, 1.165) is 45.4 Å². The van der Waals surface area contributed by atoms with E-state index in [1.54, 1.807) is 4.90 Å². The number of hydrogen-bond donors (Lipinski definition) is 1. The molecule has 5 heteroatoms. The molecule has 3 saturated heterocycles. The number of rotatable bonds is 5. The van der Waals surface area contributed by atoms with Gasteiger partial charge in [-0.2, -0.15) is 0 Å². The summed E-state index contributed by atoms with van der Waals surface area (Å²) in [7, 11) is 0. The SMILES string of the molecule is O=C(O)N1C2CCC1CC(COCCN1CCCC1)C2. The maximum absolute atomic E-state index is 11.2. The van der Waals surface area contributed by atoms with Crippen LogP contribution >= 0.6 is 0 Å². The van der Waals surface area contributed by atoms with Crippen LogP contribution < -0.4 is 0 Å². The Morgan fingerprint density at radius 3 is 2.40 bits per heavy atom. The van der Waals surface area contributed by atoms with Crippen LogP contribution in [0.15, 0.2) is 0 Å². The number of carbonyl (C=O) groups is 1. The summed E-state index contributed by atoms with van der Waals surface area (Å²) in [4.78, 5) is 15.4. The van der Waals surface area contributed by atoms with Crippen molar-refractivity contribution in [2.45, 2.75) is 50.6 Å². The van der Waals surface area contributed by atoms with Gasteiger partial charge in [0.1, 0.15) is 0 Å². The van der Waals surface area contributed by atoms with E-state index in [-0.39, 0.29) is 12.1 Å². The number of likely N-dealkylation sites (tertiary alicyclic amines) is 1. The molecule has 0 aromatic carbocycles. The summed E-state index contributed by atoms with van der Waals surface area (Å²) < 4.78 is 5.85. The van der Waals surface area contributed by atoms with Gasteiger partial charge in [0.25, 0.3) is 0 Å². The Bertz CT molecular complexity index is 330. The van der Waals surface area contributed by atoms with Crippen molar-refractivity contribution in [2.75, 3.05) is 32.8 Å². The van der Waals surface area contributed by atoms with Crippen LogP contribution in [-0.4, -0.2) is 65.9 Å². The Morgan fingerprint density at radius 2 is 1.80 bits per heavy atom. The number of amides is 1. The summed E-state index contributed by atoms with van der Waals surface area (Å²) in [5.41, 5.74) is 0. The highest BCUT2D eigenvalue weighted by molar-refractivity contribution is 5.66. The quantitative estimate of drug-likeness (QED) is 0.784. The molecule has 0 spiro atoms. The van der Waals surface area contributed by atoms with Crippen molar-refractivity contribution < 1.29 is 14.6 Å². The fraction of sp³-hybridized carbons (Fsp3) is 0.933. The standard InChI is InChI=1S/C15H26N2O3/c18-15(19)17-13-3-4-14(17)10-12(9-13)11-20-8-7-16-5-1-2-6-16/h12-14H,1-11H2,(H,18,19). The number of piperidine rings is 1. The molecular weight excluding hydrogens is 256 g/mol. The molecule has 0 aliphatic carbocycles. The Labute approximate surface area is 120 Å². The Balaban J connectivity index is 1.36. The van der Waals surface area contributed by atoms with Crippen molar-refractivity contribution in [1.29, 1.82) is 0 Å². The third-order valence-electron chi connectivity index (χ3n) is 5.16. The molecule has 3 heterocycles. The molecule has 3 fully saturated rings. The van der Waals surface area contributed by atoms with Crippen LogP contribution in [0.3, 0.4) is 0 Å². The van der Waals surface area contributed by atoms with Gasteiger partial charge in [-0.05, 0) is 57.5 Å². The van der Waals surface area contributed by atoms with Crippen LogP contribution in [0.5, 0.6) is 0 Å². The molecule has 3 rings (SSSR count). The van der Waals surface area contributed by atoms with E-state index < -0.39 is 6.09 Å². The van der Waals surface area contributed by atoms with E-state index in [4.69, 9.17) is 4.74 Å². The van der Waals surface area contributed by atoms with Gasteiger partial charge in [-0.1, -0.05) is 0 Å². The highest BCUT2D eigenvalue weighted by Gasteiger charge is 2.43. The molecule has 0 aromatic rings. The summed E-state index contributed by atoms with van der Waals surface area (Å²) in [6.07, 6.45) is 6.00. The molecule has 2 bridgehead atoms. The third-order valence-corrected chi connectivity index (χ3v) is 5.16. The van der Waals surface area contributed by atoms with E-state index in [0.29, 0.717) is 5.92 Å². The van der Waals surface area contributed by atoms with Crippen LogP contribution in [0.1, 0.15) is 38.5 Å². The molecule has 114 valence electrons. The average molecular weight is 282 g/mol. The van der Waals surface area contributed by atoms with Crippen molar-refractivity contribution in [1.82, 2.24) is 9.80 Å². The van der Waals surface area contributed by atoms with E-state index in [2.05, 4.69) is 4.90 Å². The maximum atomic E-state index is 11.2. The van der Waals surface area contributed by atoms with Crippen molar-refractivity contribution in [3.8, 4) is 0 Å². The minimum atomic E-state index is -0.731. The summed E-state index contributed by atoms with van der Waals surface area (Å²) in [5, 5.41) is 9.23. The monoisotopic (exact) mass is 282 g/mol. The molecule has 1 N–H and O–H groups in total. The second-order valence-electron chi connectivity index (χ2n) is 6.54. The zero-order valence-corrected chi connectivity index (χ0v) is 12.2. The maximum Gasteiger partial charge on any atom is 0.407 e. The first kappa shape index (κ1) is 14.1. The highest BCUT2D eigenvalue weighted by atomic mass is 16.5. The number of nitrogens with zero attached hydrogens (tertiary/aromatic N) is 2. The molecule has 0 radical (unpaired) electrons. The lowest BCUT2D eigenvalue weighted by atomic mass is 9.92. The second-order valence-corrected chi connectivity index (χ2v) is 6.54. The molecule has 3 aliphatic heterocycles. The minimum Gasteiger partial charge on any atom is -0.465 e. The molecule has 1 amide bonds.